The van der Waals surface area contributed by atoms with Gasteiger partial charge in [-0.2, -0.15) is 0 Å². The summed E-state index contributed by atoms with van der Waals surface area (Å²) in [5, 5.41) is 0.591. The van der Waals surface area contributed by atoms with Crippen LogP contribution in [0, 0.1) is 0 Å². The topological polar surface area (TPSA) is 26.3 Å². The fourth-order valence-electron chi connectivity index (χ4n) is 5.66. The molecule has 1 aromatic carbocycles. The third-order valence-electron chi connectivity index (χ3n) is 8.17. The van der Waals surface area contributed by atoms with Crippen molar-refractivity contribution in [2.24, 2.45) is 0 Å². The van der Waals surface area contributed by atoms with Crippen LogP contribution >= 0.6 is 0 Å². The van der Waals surface area contributed by atoms with Gasteiger partial charge in [0.25, 0.3) is 0 Å². The van der Waals surface area contributed by atoms with Gasteiger partial charge in [-0.15, -0.1) is 0 Å². The second kappa shape index (κ2) is 30.5. The summed E-state index contributed by atoms with van der Waals surface area (Å²) in [6.07, 6.45) is 30.7. The molecule has 1 atom stereocenters. The summed E-state index contributed by atoms with van der Waals surface area (Å²) < 4.78 is 43.9. The van der Waals surface area contributed by atoms with Gasteiger partial charge in [-0.25, -0.2) is 0 Å². The molecule has 0 bridgehead atoms. The van der Waals surface area contributed by atoms with Crippen molar-refractivity contribution < 1.29 is 26.8 Å². The second-order valence-electron chi connectivity index (χ2n) is 12.2. The molecule has 0 amide bonds. The van der Waals surface area contributed by atoms with Crippen LogP contribution in [0.5, 0.6) is 0 Å². The quantitative estimate of drug-likeness (QED) is 0.0297. The predicted octanol–water partition coefficient (Wildman–Crippen LogP) is 12.8. The molecule has 1 unspecified atom stereocenters. The molecule has 44 heavy (non-hydrogen) atoms. The molecule has 0 aromatic heterocycles. The maximum atomic E-state index is 11.8. The van der Waals surface area contributed by atoms with Gasteiger partial charge >= 0.3 is 13.2 Å². The number of benzene rings is 1. The zero-order chi connectivity index (χ0) is 32.7. The van der Waals surface area contributed by atoms with Crippen molar-refractivity contribution in [1.29, 1.82) is 0 Å². The van der Waals surface area contributed by atoms with Gasteiger partial charge in [0.15, 0.2) is 0 Å². The Morgan fingerprint density at radius 1 is 0.636 bits per heavy atom. The Kier molecular flexibility index (Phi) is 29.7. The van der Waals surface area contributed by atoms with Crippen molar-refractivity contribution >= 4 is 24.1 Å². The molecular formula is C36H65BF4O2S. The highest BCUT2D eigenvalue weighted by Gasteiger charge is 2.31. The summed E-state index contributed by atoms with van der Waals surface area (Å²) in [7, 11) is -4.10. The van der Waals surface area contributed by atoms with Crippen LogP contribution in [-0.2, 0) is 20.4 Å². The van der Waals surface area contributed by atoms with Crippen molar-refractivity contribution in [2.45, 2.75) is 167 Å². The van der Waals surface area contributed by atoms with E-state index < -0.39 is 7.25 Å². The lowest BCUT2D eigenvalue weighted by atomic mass is 10.1. The van der Waals surface area contributed by atoms with E-state index in [2.05, 4.69) is 44.2 Å². The van der Waals surface area contributed by atoms with Crippen LogP contribution in [0.2, 0.25) is 0 Å². The van der Waals surface area contributed by atoms with E-state index in [1.54, 1.807) is 0 Å². The minimum Gasteiger partial charge on any atom is -0.469 e. The summed E-state index contributed by atoms with van der Waals surface area (Å²) in [6.45, 7) is 4.60. The van der Waals surface area contributed by atoms with Gasteiger partial charge in [0.05, 0.1) is 7.11 Å². The first-order valence-electron chi connectivity index (χ1n) is 17.9. The largest absolute Gasteiger partial charge is 0.673 e. The Morgan fingerprint density at radius 2 is 1.00 bits per heavy atom. The second-order valence-corrected chi connectivity index (χ2v) is 14.6. The van der Waals surface area contributed by atoms with Gasteiger partial charge in [0, 0.05) is 12.0 Å². The molecule has 258 valence electrons. The lowest BCUT2D eigenvalue weighted by Crippen LogP contribution is -2.22. The van der Waals surface area contributed by atoms with Gasteiger partial charge in [-0.05, 0) is 49.4 Å². The van der Waals surface area contributed by atoms with Crippen LogP contribution in [0.25, 0.3) is 0 Å². The maximum Gasteiger partial charge on any atom is 0.673 e. The van der Waals surface area contributed by atoms with Crippen LogP contribution in [0.3, 0.4) is 0 Å². The summed E-state index contributed by atoms with van der Waals surface area (Å²) in [5.41, 5.74) is 1.49. The summed E-state index contributed by atoms with van der Waals surface area (Å²) in [6, 6.07) is 11.2. The lowest BCUT2D eigenvalue weighted by Gasteiger charge is -2.20. The number of hydrogen-bond donors (Lipinski definition) is 0. The zero-order valence-corrected chi connectivity index (χ0v) is 29.3. The number of esters is 1. The van der Waals surface area contributed by atoms with E-state index in [0.717, 1.165) is 12.8 Å². The number of methoxy groups -OCH3 is 1. The number of hydrogen-bond acceptors (Lipinski definition) is 2. The third-order valence-corrected chi connectivity index (χ3v) is 11.1. The number of carbonyl (C=O) groups excluding carboxylic acids is 1. The Hall–Kier alpha value is -1.18. The smallest absolute Gasteiger partial charge is 0.469 e. The van der Waals surface area contributed by atoms with Crippen molar-refractivity contribution in [3.63, 3.8) is 0 Å². The molecule has 2 nitrogen and oxygen atoms in total. The molecule has 8 heteroatoms. The molecule has 0 heterocycles. The first kappa shape index (κ1) is 42.8. The fraction of sp³-hybridized carbons (Fsp3) is 0.806. The molecule has 0 saturated carbocycles. The molecule has 0 aliphatic carbocycles. The predicted molar refractivity (Wildman–Crippen MR) is 186 cm³/mol. The van der Waals surface area contributed by atoms with Crippen LogP contribution in [0.15, 0.2) is 30.3 Å². The van der Waals surface area contributed by atoms with Gasteiger partial charge in [0.1, 0.15) is 16.8 Å². The molecule has 0 N–H and O–H groups in total. The molecule has 0 spiro atoms. The standard InChI is InChI=1S/C36H65O2S.BF4/c1-4-6-8-10-12-14-16-18-20-25-32-39(33-26-21-19-17-15-13-11-9-7-5-2)35(30-27-31-36(37)38-3)34-28-23-22-24-29-34;2-1(3,4)5/h22-24,28-29,35H,4-21,25-27,30-33H2,1-3H3;/q+1;-1. The Labute approximate surface area is 271 Å². The van der Waals surface area contributed by atoms with Crippen LogP contribution in [0.1, 0.15) is 172 Å². The first-order chi connectivity index (χ1) is 21.2. The van der Waals surface area contributed by atoms with Crippen molar-refractivity contribution in [3.8, 4) is 0 Å². The SMILES string of the molecule is CCCCCCCCCCCC[S+](CCCCCCCCCCCC)C(CCCC(=O)OC)c1ccccc1.F[B-](F)(F)F. The van der Waals surface area contributed by atoms with E-state index >= 15 is 0 Å². The van der Waals surface area contributed by atoms with Gasteiger partial charge in [-0.3, -0.25) is 4.79 Å². The van der Waals surface area contributed by atoms with Crippen molar-refractivity contribution in [1.82, 2.24) is 0 Å². The molecular weight excluding hydrogens is 583 g/mol. The molecule has 0 radical (unpaired) electrons. The molecule has 0 fully saturated rings. The van der Waals surface area contributed by atoms with E-state index in [4.69, 9.17) is 4.74 Å². The normalized spacial score (nSPS) is 12.2. The number of rotatable bonds is 28. The summed E-state index contributed by atoms with van der Waals surface area (Å²) in [4.78, 5) is 11.8. The zero-order valence-electron chi connectivity index (χ0n) is 28.5. The highest BCUT2D eigenvalue weighted by Crippen LogP contribution is 2.32. The highest BCUT2D eigenvalue weighted by molar-refractivity contribution is 7.97. The van der Waals surface area contributed by atoms with Crippen molar-refractivity contribution in [3.05, 3.63) is 35.9 Å². The number of unbranched alkanes of at least 4 members (excludes halogenated alkanes) is 18. The number of halogens is 4. The van der Waals surface area contributed by atoms with Crippen molar-refractivity contribution in [2.75, 3.05) is 18.6 Å². The Bertz CT molecular complexity index is 721. The van der Waals surface area contributed by atoms with Gasteiger partial charge in [0.2, 0.25) is 0 Å². The van der Waals surface area contributed by atoms with Crippen LogP contribution < -0.4 is 0 Å². The van der Waals surface area contributed by atoms with Crippen LogP contribution in [0.4, 0.5) is 17.3 Å². The molecule has 1 rings (SSSR count). The third kappa shape index (κ3) is 29.5. The lowest BCUT2D eigenvalue weighted by molar-refractivity contribution is -0.140. The minimum atomic E-state index is -6.00. The molecule has 0 aliphatic heterocycles. The van der Waals surface area contributed by atoms with E-state index in [9.17, 15) is 22.1 Å². The summed E-state index contributed by atoms with van der Waals surface area (Å²) >= 11 is 0. The Balaban J connectivity index is 0.00000340. The molecule has 0 aliphatic rings. The van der Waals surface area contributed by atoms with Crippen LogP contribution in [-0.4, -0.2) is 31.8 Å². The molecule has 1 aromatic rings. The maximum absolute atomic E-state index is 11.8. The van der Waals surface area contributed by atoms with Gasteiger partial charge in [-0.1, -0.05) is 147 Å². The van der Waals surface area contributed by atoms with E-state index in [0.29, 0.717) is 22.6 Å². The van der Waals surface area contributed by atoms with E-state index in [-0.39, 0.29) is 5.97 Å². The number of ether oxygens (including phenoxy) is 1. The first-order valence-corrected chi connectivity index (χ1v) is 19.5. The molecule has 0 saturated heterocycles. The minimum absolute atomic E-state index is 0.0638. The van der Waals surface area contributed by atoms with Gasteiger partial charge < -0.3 is 22.0 Å². The Morgan fingerprint density at radius 3 is 1.36 bits per heavy atom. The average molecular weight is 649 g/mol. The monoisotopic (exact) mass is 648 g/mol. The number of carbonyl (C=O) groups is 1. The highest BCUT2D eigenvalue weighted by atomic mass is 32.2. The average Bonchev–Trinajstić information content (AvgIpc) is 2.99. The fourth-order valence-corrected chi connectivity index (χ4v) is 8.63. The summed E-state index contributed by atoms with van der Waals surface area (Å²) in [5.74, 6) is 2.67. The van der Waals surface area contributed by atoms with E-state index in [1.165, 1.54) is 153 Å². The van der Waals surface area contributed by atoms with E-state index in [1.807, 2.05) is 0 Å².